The monoisotopic (exact) mass is 1110 g/mol. The lowest BCUT2D eigenvalue weighted by Gasteiger charge is -2.28. The van der Waals surface area contributed by atoms with Crippen molar-refractivity contribution < 1.29 is 68.7 Å². The highest BCUT2D eigenvalue weighted by Crippen LogP contribution is 2.15. The minimum atomic E-state index is -1.71. The third-order valence-corrected chi connectivity index (χ3v) is 12.7. The summed E-state index contributed by atoms with van der Waals surface area (Å²) in [5.41, 5.74) is 18.4. The summed E-state index contributed by atoms with van der Waals surface area (Å²) in [6.07, 6.45) is 3.83. The summed E-state index contributed by atoms with van der Waals surface area (Å²) in [5.74, 6) is -8.15. The number of H-pyrrole nitrogens is 1. The molecule has 28 heteroatoms. The first-order valence-electron chi connectivity index (χ1n) is 25.3. The number of nitrogens with one attached hydrogen (secondary N) is 9. The van der Waals surface area contributed by atoms with Gasteiger partial charge in [-0.05, 0) is 112 Å². The Kier molecular flexibility index (Phi) is 28.6. The number of carboxylic acid groups (broad SMARTS) is 1. The van der Waals surface area contributed by atoms with E-state index in [9.17, 15) is 68.7 Å². The molecule has 0 aliphatic rings. The lowest BCUT2D eigenvalue weighted by molar-refractivity contribution is -0.143. The second-order valence-electron chi connectivity index (χ2n) is 18.4. The molecule has 0 bridgehead atoms. The number of unbranched alkanes of at least 4 members (excludes halogenated alkanes) is 2. The van der Waals surface area contributed by atoms with Crippen LogP contribution in [0.3, 0.4) is 0 Å². The lowest BCUT2D eigenvalue weighted by Crippen LogP contribution is -2.61. The minimum Gasteiger partial charge on any atom is -0.508 e. The van der Waals surface area contributed by atoms with Gasteiger partial charge in [0.25, 0.3) is 0 Å². The molecular weight excluding hydrogens is 1040 g/mol. The Bertz CT molecular complexity index is 2400. The second-order valence-corrected chi connectivity index (χ2v) is 19.4. The number of rotatable bonds is 36. The maximum absolute atomic E-state index is 14.4. The van der Waals surface area contributed by atoms with E-state index >= 15 is 0 Å². The van der Waals surface area contributed by atoms with Gasteiger partial charge in [0.15, 0.2) is 0 Å². The zero-order chi connectivity index (χ0) is 57.7. The van der Waals surface area contributed by atoms with Gasteiger partial charge in [-0.25, -0.2) is 9.78 Å². The van der Waals surface area contributed by atoms with Crippen molar-refractivity contribution in [3.8, 4) is 11.5 Å². The van der Waals surface area contributed by atoms with Crippen LogP contribution in [-0.2, 0) is 62.4 Å². The van der Waals surface area contributed by atoms with Crippen molar-refractivity contribution in [1.82, 2.24) is 52.5 Å². The number of benzene rings is 2. The topological polar surface area (TPSA) is 458 Å². The van der Waals surface area contributed by atoms with E-state index in [0.29, 0.717) is 48.3 Å². The number of thioether (sulfide) groups is 1. The van der Waals surface area contributed by atoms with E-state index in [4.69, 9.17) is 17.2 Å². The summed E-state index contributed by atoms with van der Waals surface area (Å²) in [6, 6.07) is 0.00439. The molecule has 20 N–H and O–H groups in total. The third-order valence-electron chi connectivity index (χ3n) is 12.1. The molecule has 0 radical (unpaired) electrons. The fourth-order valence-electron chi connectivity index (χ4n) is 7.63. The number of imidazole rings is 1. The van der Waals surface area contributed by atoms with E-state index in [1.165, 1.54) is 79.7 Å². The van der Waals surface area contributed by atoms with Crippen molar-refractivity contribution in [2.75, 3.05) is 38.2 Å². The molecule has 78 heavy (non-hydrogen) atoms. The number of hydrogen-bond acceptors (Lipinski definition) is 18. The van der Waals surface area contributed by atoms with Gasteiger partial charge >= 0.3 is 5.97 Å². The first-order chi connectivity index (χ1) is 37.2. The molecule has 9 atom stereocenters. The zero-order valence-corrected chi connectivity index (χ0v) is 44.4. The minimum absolute atomic E-state index is 0.0196. The zero-order valence-electron chi connectivity index (χ0n) is 43.6. The number of phenols is 2. The number of aliphatic hydroxyl groups excluding tert-OH is 2. The summed E-state index contributed by atoms with van der Waals surface area (Å²) in [7, 11) is 0. The van der Waals surface area contributed by atoms with Crippen LogP contribution in [0.15, 0.2) is 61.1 Å². The van der Waals surface area contributed by atoms with Gasteiger partial charge in [0.05, 0.1) is 25.6 Å². The Morgan fingerprint density at radius 2 is 1.06 bits per heavy atom. The normalized spacial score (nSPS) is 14.6. The third kappa shape index (κ3) is 23.1. The van der Waals surface area contributed by atoms with E-state index in [0.717, 1.165) is 0 Å². The molecule has 430 valence electrons. The molecule has 0 aliphatic carbocycles. The SMILES string of the molecule is CSCC[C@H](NC(=O)[C@@H](N)CO)C(=O)NCC(=O)N[C@@H](Cc1ccc(O)cc1)C(=O)N[C@@H](Cc1cnc[nH]1)C(=O)N[C@@H](CCCCN)C(=O)N[C@@H](CCCCN)C(=O)N[C@H](C(=O)N[C@@H](Cc1ccc(O)cc1)C(=O)O)[C@@H](C)O. The number of aliphatic hydroxyl groups is 2. The molecular formula is C50H75N13O14S. The molecule has 1 heterocycles. The van der Waals surface area contributed by atoms with Crippen LogP contribution in [0.5, 0.6) is 11.5 Å². The highest BCUT2D eigenvalue weighted by Gasteiger charge is 2.35. The van der Waals surface area contributed by atoms with Crippen molar-refractivity contribution in [2.45, 2.75) is 126 Å². The molecule has 3 aromatic rings. The van der Waals surface area contributed by atoms with Crippen LogP contribution in [-0.4, -0.2) is 181 Å². The van der Waals surface area contributed by atoms with E-state index in [-0.39, 0.29) is 63.1 Å². The Balaban J connectivity index is 1.89. The average Bonchev–Trinajstić information content (AvgIpc) is 3.93. The number of hydrogen-bond donors (Lipinski definition) is 17. The van der Waals surface area contributed by atoms with Crippen LogP contribution in [0.25, 0.3) is 0 Å². The number of nitrogens with two attached hydrogens (primary N) is 3. The first-order valence-corrected chi connectivity index (χ1v) is 26.7. The van der Waals surface area contributed by atoms with Crippen molar-refractivity contribution in [1.29, 1.82) is 0 Å². The predicted molar refractivity (Wildman–Crippen MR) is 286 cm³/mol. The fraction of sp³-hybridized carbons (Fsp3) is 0.520. The van der Waals surface area contributed by atoms with Gasteiger partial charge in [-0.1, -0.05) is 24.3 Å². The van der Waals surface area contributed by atoms with Crippen LogP contribution < -0.4 is 59.7 Å². The lowest BCUT2D eigenvalue weighted by atomic mass is 10.0. The van der Waals surface area contributed by atoms with Crippen molar-refractivity contribution in [3.05, 3.63) is 77.9 Å². The van der Waals surface area contributed by atoms with E-state index in [1.54, 1.807) is 6.26 Å². The van der Waals surface area contributed by atoms with Crippen LogP contribution >= 0.6 is 11.8 Å². The number of aromatic nitrogens is 2. The smallest absolute Gasteiger partial charge is 0.326 e. The Morgan fingerprint density at radius 3 is 1.54 bits per heavy atom. The molecule has 2 aromatic carbocycles. The number of carbonyl (C=O) groups excluding carboxylic acids is 8. The summed E-state index contributed by atoms with van der Waals surface area (Å²) in [6.45, 7) is 0.292. The van der Waals surface area contributed by atoms with Crippen molar-refractivity contribution in [2.24, 2.45) is 17.2 Å². The fourth-order valence-corrected chi connectivity index (χ4v) is 8.10. The molecule has 0 saturated heterocycles. The van der Waals surface area contributed by atoms with Crippen LogP contribution in [0, 0.1) is 0 Å². The number of carbonyl (C=O) groups is 9. The number of amides is 8. The maximum Gasteiger partial charge on any atom is 0.326 e. The highest BCUT2D eigenvalue weighted by molar-refractivity contribution is 7.98. The first kappa shape index (κ1) is 64.9. The summed E-state index contributed by atoms with van der Waals surface area (Å²) in [4.78, 5) is 129. The quantitative estimate of drug-likeness (QED) is 0.0248. The van der Waals surface area contributed by atoms with Gasteiger partial charge < -0.3 is 90.3 Å². The molecule has 0 unspecified atom stereocenters. The molecule has 27 nitrogen and oxygen atoms in total. The van der Waals surface area contributed by atoms with Crippen molar-refractivity contribution >= 4 is 65.0 Å². The van der Waals surface area contributed by atoms with E-state index < -0.39 is 121 Å². The van der Waals surface area contributed by atoms with Crippen LogP contribution in [0.1, 0.15) is 68.7 Å². The molecule has 0 aliphatic heterocycles. The number of phenolic OH excluding ortho intramolecular Hbond substituents is 2. The van der Waals surface area contributed by atoms with Gasteiger partial charge in [0.2, 0.25) is 47.3 Å². The van der Waals surface area contributed by atoms with Crippen LogP contribution in [0.4, 0.5) is 0 Å². The Labute approximate surface area is 455 Å². The Hall–Kier alpha value is -7.37. The Morgan fingerprint density at radius 1 is 0.603 bits per heavy atom. The molecule has 0 spiro atoms. The molecule has 0 saturated carbocycles. The van der Waals surface area contributed by atoms with E-state index in [1.807, 2.05) is 0 Å². The number of nitrogens with zero attached hydrogens (tertiary/aromatic N) is 1. The van der Waals surface area contributed by atoms with Gasteiger partial charge in [-0.3, -0.25) is 38.4 Å². The number of aromatic hydroxyl groups is 2. The summed E-state index contributed by atoms with van der Waals surface area (Å²) < 4.78 is 0. The summed E-state index contributed by atoms with van der Waals surface area (Å²) in [5, 5.41) is 69.6. The largest absolute Gasteiger partial charge is 0.508 e. The number of aliphatic carboxylic acids is 1. The van der Waals surface area contributed by atoms with E-state index in [2.05, 4.69) is 52.5 Å². The van der Waals surface area contributed by atoms with Crippen LogP contribution in [0.2, 0.25) is 0 Å². The molecule has 0 fully saturated rings. The van der Waals surface area contributed by atoms with Gasteiger partial charge in [0, 0.05) is 31.2 Å². The predicted octanol–water partition coefficient (Wildman–Crippen LogP) is -3.85. The number of carboxylic acids is 1. The summed E-state index contributed by atoms with van der Waals surface area (Å²) >= 11 is 1.39. The highest BCUT2D eigenvalue weighted by atomic mass is 32.2. The molecule has 1 aromatic heterocycles. The van der Waals surface area contributed by atoms with Crippen molar-refractivity contribution in [3.63, 3.8) is 0 Å². The molecule has 8 amide bonds. The van der Waals surface area contributed by atoms with Gasteiger partial charge in [-0.2, -0.15) is 11.8 Å². The maximum atomic E-state index is 14.4. The average molecular weight is 1110 g/mol. The standard InChI is InChI=1S/C50H75N13O14S/c1-28(65)42(49(75)62-40(50(76)77)22-30-11-15-33(67)16-12-30)63-46(72)36(8-4-6-19-52)59-45(71)35(7-3-5-18-51)60-48(74)39(23-31-24-54-27-56-31)61-47(73)38(21-29-9-13-32(66)14-10-29)57-41(68)25-55-44(70)37(17-20-78-2)58-43(69)34(53)26-64/h9-16,24,27-28,34-40,42,64-67H,3-8,17-23,25-26,51-53H2,1-2H3,(H,54,56)(H,55,70)(H,57,68)(H,58,69)(H,59,71)(H,60,74)(H,61,73)(H,62,75)(H,63,72)(H,76,77)/t28-,34+,35+,36+,37+,38+,39+,40+,42+/m1/s1. The second kappa shape index (κ2) is 34.4. The van der Waals surface area contributed by atoms with Gasteiger partial charge in [-0.15, -0.1) is 0 Å². The number of aromatic amines is 1. The van der Waals surface area contributed by atoms with Gasteiger partial charge in [0.1, 0.15) is 59.8 Å². The molecule has 3 rings (SSSR count).